The standard InChI is InChI=1S/C10H19NO5/c1-15-9(13)7-11(5-3-4-6-12)8-10(14)16-2/h12H,3-8H2,1-2H3. The molecule has 6 heteroatoms. The first-order chi connectivity index (χ1) is 7.63. The van der Waals surface area contributed by atoms with Gasteiger partial charge in [-0.15, -0.1) is 0 Å². The minimum atomic E-state index is -0.395. The second-order valence-electron chi connectivity index (χ2n) is 3.29. The number of nitrogens with zero attached hydrogens (tertiary/aromatic N) is 1. The Balaban J connectivity index is 4.04. The highest BCUT2D eigenvalue weighted by atomic mass is 16.5. The van der Waals surface area contributed by atoms with Gasteiger partial charge in [0.05, 0.1) is 27.3 Å². The lowest BCUT2D eigenvalue weighted by Gasteiger charge is -2.19. The van der Waals surface area contributed by atoms with Crippen LogP contribution in [0.1, 0.15) is 12.8 Å². The van der Waals surface area contributed by atoms with Gasteiger partial charge in [-0.05, 0) is 19.4 Å². The zero-order chi connectivity index (χ0) is 12.4. The molecule has 0 unspecified atom stereocenters. The molecule has 0 saturated carbocycles. The molecule has 94 valence electrons. The Morgan fingerprint density at radius 2 is 1.56 bits per heavy atom. The van der Waals surface area contributed by atoms with Crippen molar-refractivity contribution in [3.8, 4) is 0 Å². The highest BCUT2D eigenvalue weighted by molar-refractivity contribution is 5.74. The van der Waals surface area contributed by atoms with E-state index in [2.05, 4.69) is 9.47 Å². The number of carbonyl (C=O) groups excluding carboxylic acids is 2. The Morgan fingerprint density at radius 1 is 1.06 bits per heavy atom. The topological polar surface area (TPSA) is 76.1 Å². The van der Waals surface area contributed by atoms with Crippen molar-refractivity contribution in [3.63, 3.8) is 0 Å². The first kappa shape index (κ1) is 14.9. The SMILES string of the molecule is COC(=O)CN(CCCCO)CC(=O)OC. The van der Waals surface area contributed by atoms with Gasteiger partial charge in [0.15, 0.2) is 0 Å². The fourth-order valence-corrected chi connectivity index (χ4v) is 1.16. The molecule has 0 aromatic heterocycles. The molecule has 0 heterocycles. The highest BCUT2D eigenvalue weighted by Crippen LogP contribution is 1.96. The van der Waals surface area contributed by atoms with Gasteiger partial charge in [-0.3, -0.25) is 14.5 Å². The molecule has 0 spiro atoms. The number of rotatable bonds is 8. The summed E-state index contributed by atoms with van der Waals surface area (Å²) in [6, 6.07) is 0. The van der Waals surface area contributed by atoms with Crippen LogP contribution in [0.5, 0.6) is 0 Å². The van der Waals surface area contributed by atoms with Crippen LogP contribution in [0.25, 0.3) is 0 Å². The Bertz CT molecular complexity index is 201. The number of hydrogen-bond acceptors (Lipinski definition) is 6. The van der Waals surface area contributed by atoms with E-state index < -0.39 is 11.9 Å². The molecule has 0 aliphatic rings. The molecule has 0 saturated heterocycles. The maximum atomic E-state index is 11.1. The van der Waals surface area contributed by atoms with Crippen LogP contribution in [0.2, 0.25) is 0 Å². The zero-order valence-electron chi connectivity index (χ0n) is 9.77. The molecular formula is C10H19NO5. The fourth-order valence-electron chi connectivity index (χ4n) is 1.16. The monoisotopic (exact) mass is 233 g/mol. The van der Waals surface area contributed by atoms with E-state index >= 15 is 0 Å². The summed E-state index contributed by atoms with van der Waals surface area (Å²) in [4.78, 5) is 23.8. The van der Waals surface area contributed by atoms with Gasteiger partial charge in [0.2, 0.25) is 0 Å². The molecule has 0 bridgehead atoms. The number of esters is 2. The molecule has 0 aliphatic heterocycles. The summed E-state index contributed by atoms with van der Waals surface area (Å²) in [6.45, 7) is 0.753. The quantitative estimate of drug-likeness (QED) is 0.446. The lowest BCUT2D eigenvalue weighted by atomic mass is 10.3. The van der Waals surface area contributed by atoms with Crippen molar-refractivity contribution >= 4 is 11.9 Å². The molecule has 0 atom stereocenters. The summed E-state index contributed by atoms with van der Waals surface area (Å²) in [7, 11) is 2.60. The van der Waals surface area contributed by atoms with Crippen LogP contribution in [0.3, 0.4) is 0 Å². The third-order valence-electron chi connectivity index (χ3n) is 2.04. The average Bonchev–Trinajstić information content (AvgIpc) is 2.28. The van der Waals surface area contributed by atoms with Gasteiger partial charge < -0.3 is 14.6 Å². The van der Waals surface area contributed by atoms with Gasteiger partial charge in [0.1, 0.15) is 0 Å². The Morgan fingerprint density at radius 3 is 1.94 bits per heavy atom. The number of ether oxygens (including phenoxy) is 2. The van der Waals surface area contributed by atoms with E-state index in [0.717, 1.165) is 0 Å². The number of carbonyl (C=O) groups is 2. The van der Waals surface area contributed by atoms with Gasteiger partial charge in [-0.25, -0.2) is 0 Å². The molecule has 0 fully saturated rings. The number of aliphatic hydroxyl groups excluding tert-OH is 1. The number of unbranched alkanes of at least 4 members (excludes halogenated alkanes) is 1. The van der Waals surface area contributed by atoms with Crippen molar-refractivity contribution in [3.05, 3.63) is 0 Å². The predicted octanol–water partition coefficient (Wildman–Crippen LogP) is -0.593. The first-order valence-electron chi connectivity index (χ1n) is 5.11. The molecule has 6 nitrogen and oxygen atoms in total. The van der Waals surface area contributed by atoms with Crippen LogP contribution in [0, 0.1) is 0 Å². The lowest BCUT2D eigenvalue weighted by Crippen LogP contribution is -2.36. The summed E-state index contributed by atoms with van der Waals surface area (Å²) >= 11 is 0. The molecule has 0 rings (SSSR count). The summed E-state index contributed by atoms with van der Waals surface area (Å²) in [5.41, 5.74) is 0. The smallest absolute Gasteiger partial charge is 0.319 e. The fraction of sp³-hybridized carbons (Fsp3) is 0.800. The highest BCUT2D eigenvalue weighted by Gasteiger charge is 2.14. The Labute approximate surface area is 95.1 Å². The van der Waals surface area contributed by atoms with E-state index in [4.69, 9.17) is 5.11 Å². The van der Waals surface area contributed by atoms with E-state index in [9.17, 15) is 9.59 Å². The van der Waals surface area contributed by atoms with Crippen molar-refractivity contribution in [1.29, 1.82) is 0 Å². The van der Waals surface area contributed by atoms with Crippen LogP contribution < -0.4 is 0 Å². The van der Waals surface area contributed by atoms with Gasteiger partial charge in [0, 0.05) is 6.61 Å². The predicted molar refractivity (Wildman–Crippen MR) is 56.8 cm³/mol. The third kappa shape index (κ3) is 7.19. The van der Waals surface area contributed by atoms with Gasteiger partial charge in [-0.2, -0.15) is 0 Å². The number of hydrogen-bond donors (Lipinski definition) is 1. The maximum Gasteiger partial charge on any atom is 0.319 e. The number of aliphatic hydroxyl groups is 1. The molecule has 0 aliphatic carbocycles. The van der Waals surface area contributed by atoms with Crippen molar-refractivity contribution in [2.24, 2.45) is 0 Å². The summed E-state index contributed by atoms with van der Waals surface area (Å²) < 4.78 is 9.04. The average molecular weight is 233 g/mol. The van der Waals surface area contributed by atoms with E-state index in [1.54, 1.807) is 4.90 Å². The van der Waals surface area contributed by atoms with E-state index in [0.29, 0.717) is 19.4 Å². The number of methoxy groups -OCH3 is 2. The second kappa shape index (κ2) is 9.11. The van der Waals surface area contributed by atoms with Gasteiger partial charge in [0.25, 0.3) is 0 Å². The van der Waals surface area contributed by atoms with Crippen LogP contribution in [0.15, 0.2) is 0 Å². The van der Waals surface area contributed by atoms with Crippen molar-refractivity contribution < 1.29 is 24.2 Å². The second-order valence-corrected chi connectivity index (χ2v) is 3.29. The first-order valence-corrected chi connectivity index (χ1v) is 5.11. The van der Waals surface area contributed by atoms with Crippen LogP contribution in [-0.4, -0.2) is 62.4 Å². The molecule has 0 aromatic carbocycles. The van der Waals surface area contributed by atoms with Gasteiger partial charge in [-0.1, -0.05) is 0 Å². The van der Waals surface area contributed by atoms with Gasteiger partial charge >= 0.3 is 11.9 Å². The minimum absolute atomic E-state index is 0.0526. The van der Waals surface area contributed by atoms with E-state index in [1.807, 2.05) is 0 Å². The summed E-state index contributed by atoms with van der Waals surface area (Å²) in [6.07, 6.45) is 1.35. The summed E-state index contributed by atoms with van der Waals surface area (Å²) in [5.74, 6) is -0.791. The van der Waals surface area contributed by atoms with Crippen molar-refractivity contribution in [1.82, 2.24) is 4.90 Å². The Hall–Kier alpha value is -1.14. The molecule has 0 aromatic rings. The molecule has 1 N–H and O–H groups in total. The van der Waals surface area contributed by atoms with Crippen LogP contribution in [-0.2, 0) is 19.1 Å². The van der Waals surface area contributed by atoms with Crippen LogP contribution in [0.4, 0.5) is 0 Å². The minimum Gasteiger partial charge on any atom is -0.468 e. The summed E-state index contributed by atoms with van der Waals surface area (Å²) in [5, 5.41) is 8.63. The molecule has 0 amide bonds. The third-order valence-corrected chi connectivity index (χ3v) is 2.04. The Kier molecular flexibility index (Phi) is 8.46. The van der Waals surface area contributed by atoms with Crippen molar-refractivity contribution in [2.75, 3.05) is 40.5 Å². The largest absolute Gasteiger partial charge is 0.468 e. The molecule has 16 heavy (non-hydrogen) atoms. The van der Waals surface area contributed by atoms with E-state index in [1.165, 1.54) is 14.2 Å². The molecule has 0 radical (unpaired) electrons. The lowest BCUT2D eigenvalue weighted by molar-refractivity contribution is -0.145. The zero-order valence-corrected chi connectivity index (χ0v) is 9.77. The van der Waals surface area contributed by atoms with Crippen molar-refractivity contribution in [2.45, 2.75) is 12.8 Å². The van der Waals surface area contributed by atoms with Crippen LogP contribution >= 0.6 is 0 Å². The van der Waals surface area contributed by atoms with E-state index in [-0.39, 0.29) is 19.7 Å². The maximum absolute atomic E-state index is 11.1. The molecular weight excluding hydrogens is 214 g/mol. The normalized spacial score (nSPS) is 10.2.